The van der Waals surface area contributed by atoms with Crippen molar-refractivity contribution in [2.24, 2.45) is 0 Å². The van der Waals surface area contributed by atoms with Gasteiger partial charge in [-0.1, -0.05) is 29.3 Å². The van der Waals surface area contributed by atoms with Gasteiger partial charge in [-0.2, -0.15) is 0 Å². The molecule has 8 nitrogen and oxygen atoms in total. The number of allylic oxidation sites excluding steroid dienone is 1. The van der Waals surface area contributed by atoms with Gasteiger partial charge in [0.2, 0.25) is 5.75 Å². The van der Waals surface area contributed by atoms with E-state index in [0.29, 0.717) is 61.4 Å². The van der Waals surface area contributed by atoms with Gasteiger partial charge in [0.15, 0.2) is 17.3 Å². The van der Waals surface area contributed by atoms with Crippen LogP contribution in [0.3, 0.4) is 0 Å². The van der Waals surface area contributed by atoms with E-state index in [9.17, 15) is 4.79 Å². The highest BCUT2D eigenvalue weighted by molar-refractivity contribution is 6.43. The molecule has 0 fully saturated rings. The summed E-state index contributed by atoms with van der Waals surface area (Å²) >= 11 is 12.4. The summed E-state index contributed by atoms with van der Waals surface area (Å²) in [6, 6.07) is 15.7. The predicted molar refractivity (Wildman–Crippen MR) is 151 cm³/mol. The molecule has 4 rings (SSSR count). The zero-order valence-electron chi connectivity index (χ0n) is 20.8. The van der Waals surface area contributed by atoms with E-state index in [4.69, 9.17) is 37.4 Å². The summed E-state index contributed by atoms with van der Waals surface area (Å²) in [4.78, 5) is 22.0. The van der Waals surface area contributed by atoms with Crippen LogP contribution in [0.5, 0.6) is 17.2 Å². The van der Waals surface area contributed by atoms with E-state index >= 15 is 0 Å². The first-order valence-corrected chi connectivity index (χ1v) is 12.1. The molecule has 0 atom stereocenters. The SMILES string of the molecule is COc1cc(Nc2ncccc2C(=O)/C=C/c2cccnc2Nc2cccc(Cl)c2Cl)cc(OC)c1OC. The molecule has 2 aromatic heterocycles. The lowest BCUT2D eigenvalue weighted by molar-refractivity contribution is 0.104. The maximum absolute atomic E-state index is 13.2. The number of ether oxygens (including phenoxy) is 3. The van der Waals surface area contributed by atoms with Gasteiger partial charge in [-0.15, -0.1) is 0 Å². The van der Waals surface area contributed by atoms with E-state index < -0.39 is 0 Å². The van der Waals surface area contributed by atoms with Crippen molar-refractivity contribution in [1.29, 1.82) is 0 Å². The molecule has 0 spiro atoms. The highest BCUT2D eigenvalue weighted by atomic mass is 35.5. The molecule has 0 saturated heterocycles. The zero-order valence-corrected chi connectivity index (χ0v) is 22.3. The molecule has 4 aromatic rings. The van der Waals surface area contributed by atoms with Crippen molar-refractivity contribution < 1.29 is 19.0 Å². The third-order valence-electron chi connectivity index (χ3n) is 5.46. The molecule has 10 heteroatoms. The van der Waals surface area contributed by atoms with Crippen LogP contribution in [0.25, 0.3) is 6.08 Å². The third kappa shape index (κ3) is 5.99. The highest BCUT2D eigenvalue weighted by Gasteiger charge is 2.16. The van der Waals surface area contributed by atoms with Crippen molar-refractivity contribution in [3.63, 3.8) is 0 Å². The Morgan fingerprint density at radius 1 is 0.842 bits per heavy atom. The number of carbonyl (C=O) groups excluding carboxylic acids is 1. The number of nitrogens with zero attached hydrogens (tertiary/aromatic N) is 2. The van der Waals surface area contributed by atoms with Gasteiger partial charge in [0, 0.05) is 35.8 Å². The number of carbonyl (C=O) groups is 1. The Bertz CT molecular complexity index is 1470. The number of halogens is 2. The molecule has 0 radical (unpaired) electrons. The minimum Gasteiger partial charge on any atom is -0.493 e. The van der Waals surface area contributed by atoms with Gasteiger partial charge in [0.1, 0.15) is 11.6 Å². The Balaban J connectivity index is 1.60. The lowest BCUT2D eigenvalue weighted by Crippen LogP contribution is -2.04. The second-order valence-corrected chi connectivity index (χ2v) is 8.59. The van der Waals surface area contributed by atoms with Gasteiger partial charge in [0.25, 0.3) is 0 Å². The highest BCUT2D eigenvalue weighted by Crippen LogP contribution is 2.40. The molecule has 0 amide bonds. The number of methoxy groups -OCH3 is 3. The molecule has 0 aliphatic rings. The van der Waals surface area contributed by atoms with Crippen molar-refractivity contribution in [3.05, 3.63) is 94.2 Å². The van der Waals surface area contributed by atoms with Crippen molar-refractivity contribution >= 4 is 58.1 Å². The summed E-state index contributed by atoms with van der Waals surface area (Å²) < 4.78 is 16.2. The summed E-state index contributed by atoms with van der Waals surface area (Å²) in [6.07, 6.45) is 6.37. The van der Waals surface area contributed by atoms with E-state index in [-0.39, 0.29) is 5.78 Å². The molecular weight excluding hydrogens is 527 g/mol. The van der Waals surface area contributed by atoms with E-state index in [1.807, 2.05) is 6.07 Å². The summed E-state index contributed by atoms with van der Waals surface area (Å²) in [5, 5.41) is 7.14. The predicted octanol–water partition coefficient (Wildman–Crippen LogP) is 7.19. The first-order valence-electron chi connectivity index (χ1n) is 11.4. The number of hydrogen-bond donors (Lipinski definition) is 2. The average molecular weight is 551 g/mol. The molecule has 2 aromatic carbocycles. The van der Waals surface area contributed by atoms with E-state index in [1.165, 1.54) is 27.4 Å². The van der Waals surface area contributed by atoms with Gasteiger partial charge in [-0.05, 0) is 48.6 Å². The van der Waals surface area contributed by atoms with Crippen LogP contribution >= 0.6 is 23.2 Å². The van der Waals surface area contributed by atoms with E-state index in [1.54, 1.807) is 67.0 Å². The first kappa shape index (κ1) is 26.8. The number of hydrogen-bond acceptors (Lipinski definition) is 8. The standard InChI is InChI=1S/C28H24Cl2N4O4/c1-36-23-15-18(16-24(37-2)26(23)38-3)33-28-19(8-6-14-32-28)22(35)12-11-17-7-5-13-31-27(17)34-21-10-4-9-20(29)25(21)30/h4-16H,1-3H3,(H,31,34)(H,32,33)/b12-11+. The average Bonchev–Trinajstić information content (AvgIpc) is 2.94. The third-order valence-corrected chi connectivity index (χ3v) is 6.28. The zero-order chi connectivity index (χ0) is 27.1. The fourth-order valence-electron chi connectivity index (χ4n) is 3.63. The fourth-order valence-corrected chi connectivity index (χ4v) is 3.98. The lowest BCUT2D eigenvalue weighted by Gasteiger charge is -2.15. The van der Waals surface area contributed by atoms with Crippen LogP contribution in [-0.2, 0) is 0 Å². The monoisotopic (exact) mass is 550 g/mol. The summed E-state index contributed by atoms with van der Waals surface area (Å²) in [7, 11) is 4.59. The molecule has 0 unspecified atom stereocenters. The molecule has 0 aliphatic carbocycles. The van der Waals surface area contributed by atoms with Crippen LogP contribution < -0.4 is 24.8 Å². The number of rotatable bonds is 10. The number of nitrogens with one attached hydrogen (secondary N) is 2. The van der Waals surface area contributed by atoms with Crippen LogP contribution in [0.15, 0.2) is 73.1 Å². The topological polar surface area (TPSA) is 94.6 Å². The van der Waals surface area contributed by atoms with Crippen molar-refractivity contribution in [2.45, 2.75) is 0 Å². The summed E-state index contributed by atoms with van der Waals surface area (Å²) in [5.74, 6) is 2.02. The molecular formula is C28H24Cl2N4O4. The molecule has 2 heterocycles. The van der Waals surface area contributed by atoms with Gasteiger partial charge < -0.3 is 24.8 Å². The maximum Gasteiger partial charge on any atom is 0.203 e. The van der Waals surface area contributed by atoms with Crippen LogP contribution in [0.4, 0.5) is 23.0 Å². The Morgan fingerprint density at radius 2 is 1.53 bits per heavy atom. The molecule has 2 N–H and O–H groups in total. The minimum absolute atomic E-state index is 0.261. The normalized spacial score (nSPS) is 10.8. The fraction of sp³-hybridized carbons (Fsp3) is 0.107. The van der Waals surface area contributed by atoms with Gasteiger partial charge in [0.05, 0.1) is 42.6 Å². The van der Waals surface area contributed by atoms with Crippen LogP contribution in [-0.4, -0.2) is 37.1 Å². The quantitative estimate of drug-likeness (QED) is 0.158. The van der Waals surface area contributed by atoms with Crippen LogP contribution in [0.2, 0.25) is 10.0 Å². The van der Waals surface area contributed by atoms with Crippen molar-refractivity contribution in [1.82, 2.24) is 9.97 Å². The number of ketones is 1. The Hall–Kier alpha value is -4.27. The minimum atomic E-state index is -0.261. The van der Waals surface area contributed by atoms with Gasteiger partial charge >= 0.3 is 0 Å². The number of pyridine rings is 2. The smallest absolute Gasteiger partial charge is 0.203 e. The Kier molecular flexibility index (Phi) is 8.68. The number of aromatic nitrogens is 2. The lowest BCUT2D eigenvalue weighted by atomic mass is 10.1. The maximum atomic E-state index is 13.2. The summed E-state index contributed by atoms with van der Waals surface area (Å²) in [6.45, 7) is 0. The van der Waals surface area contributed by atoms with Gasteiger partial charge in [-0.25, -0.2) is 9.97 Å². The molecule has 194 valence electrons. The second kappa shape index (κ2) is 12.3. The van der Waals surface area contributed by atoms with Gasteiger partial charge in [-0.3, -0.25) is 4.79 Å². The van der Waals surface area contributed by atoms with Crippen LogP contribution in [0.1, 0.15) is 15.9 Å². The molecule has 38 heavy (non-hydrogen) atoms. The largest absolute Gasteiger partial charge is 0.493 e. The van der Waals surface area contributed by atoms with Crippen LogP contribution in [0, 0.1) is 0 Å². The van der Waals surface area contributed by atoms with Crippen molar-refractivity contribution in [3.8, 4) is 17.2 Å². The van der Waals surface area contributed by atoms with Crippen molar-refractivity contribution in [2.75, 3.05) is 32.0 Å². The second-order valence-electron chi connectivity index (χ2n) is 7.80. The molecule has 0 aliphatic heterocycles. The van der Waals surface area contributed by atoms with E-state index in [2.05, 4.69) is 20.6 Å². The molecule has 0 bridgehead atoms. The summed E-state index contributed by atoms with van der Waals surface area (Å²) in [5.41, 5.74) is 2.25. The molecule has 0 saturated carbocycles. The Labute approximate surface area is 230 Å². The number of anilines is 4. The first-order chi connectivity index (χ1) is 18.4. The van der Waals surface area contributed by atoms with E-state index in [0.717, 1.165) is 0 Å². The Morgan fingerprint density at radius 3 is 2.21 bits per heavy atom. The number of benzene rings is 2.